The van der Waals surface area contributed by atoms with E-state index in [1.54, 1.807) is 0 Å². The SMILES string of the molecule is CN1CC2(C1)CN(c1ccc(Nc3ncc(C(F)(F)F)c(-c4cc5c(s4)C(=O)N(C4COC4)CCS5(=O)=O)n3)c(C3CC3)c1)C2. The molecule has 0 radical (unpaired) electrons. The summed E-state index contributed by atoms with van der Waals surface area (Å²) in [4.78, 5) is 27.4. The summed E-state index contributed by atoms with van der Waals surface area (Å²) in [6.07, 6.45) is -2.04. The van der Waals surface area contributed by atoms with Gasteiger partial charge in [-0.15, -0.1) is 11.3 Å². The molecule has 1 aliphatic carbocycles. The highest BCUT2D eigenvalue weighted by atomic mass is 32.2. The number of likely N-dealkylation sites (tertiary alicyclic amines) is 1. The Kier molecular flexibility index (Phi) is 6.55. The summed E-state index contributed by atoms with van der Waals surface area (Å²) in [5.74, 6) is -0.543. The normalized spacial score (nSPS) is 22.8. The molecule has 10 nitrogen and oxygen atoms in total. The second-order valence-electron chi connectivity index (χ2n) is 13.0. The summed E-state index contributed by atoms with van der Waals surface area (Å²) in [5.41, 5.74) is 1.73. The van der Waals surface area contributed by atoms with Gasteiger partial charge in [-0.25, -0.2) is 18.4 Å². The topological polar surface area (TPSA) is 108 Å². The number of rotatable bonds is 6. The summed E-state index contributed by atoms with van der Waals surface area (Å²) in [6, 6.07) is 6.99. The van der Waals surface area contributed by atoms with Crippen molar-refractivity contribution in [1.82, 2.24) is 19.8 Å². The summed E-state index contributed by atoms with van der Waals surface area (Å²) in [5, 5.41) is 3.15. The number of fused-ring (bicyclic) bond motifs is 1. The lowest BCUT2D eigenvalue weighted by Crippen LogP contribution is -2.71. The average Bonchev–Trinajstić information content (AvgIpc) is 3.68. The molecular weight excluding hydrogens is 629 g/mol. The first-order valence-corrected chi connectivity index (χ1v) is 17.4. The number of hydrogen-bond acceptors (Lipinski definition) is 10. The van der Waals surface area contributed by atoms with E-state index in [1.165, 1.54) is 4.90 Å². The van der Waals surface area contributed by atoms with Crippen LogP contribution in [0.15, 0.2) is 35.4 Å². The molecular formula is C30H31F3N6O4S2. The molecule has 238 valence electrons. The lowest BCUT2D eigenvalue weighted by Gasteiger charge is -2.60. The highest BCUT2D eigenvalue weighted by molar-refractivity contribution is 7.91. The van der Waals surface area contributed by atoms with E-state index in [-0.39, 0.29) is 38.9 Å². The number of halogens is 3. The minimum absolute atomic E-state index is 0.000599. The Labute approximate surface area is 262 Å². The van der Waals surface area contributed by atoms with Crippen LogP contribution >= 0.6 is 11.3 Å². The fraction of sp³-hybridized carbons (Fsp3) is 0.500. The average molecular weight is 661 g/mol. The Balaban J connectivity index is 1.12. The van der Waals surface area contributed by atoms with Crippen LogP contribution in [-0.2, 0) is 20.8 Å². The van der Waals surface area contributed by atoms with Gasteiger partial charge < -0.3 is 24.8 Å². The molecule has 15 heteroatoms. The van der Waals surface area contributed by atoms with Crippen LogP contribution in [0, 0.1) is 5.41 Å². The first-order chi connectivity index (χ1) is 21.4. The number of anilines is 3. The fourth-order valence-electron chi connectivity index (χ4n) is 6.98. The van der Waals surface area contributed by atoms with Crippen LogP contribution in [0.3, 0.4) is 0 Å². The summed E-state index contributed by atoms with van der Waals surface area (Å²) in [7, 11) is -1.79. The third kappa shape index (κ3) is 5.07. The van der Waals surface area contributed by atoms with Gasteiger partial charge in [-0.3, -0.25) is 4.79 Å². The molecule has 1 N–H and O–H groups in total. The highest BCUT2D eigenvalue weighted by Gasteiger charge is 2.50. The number of amides is 1. The molecule has 3 aromatic rings. The van der Waals surface area contributed by atoms with E-state index in [0.29, 0.717) is 42.1 Å². The zero-order valence-electron chi connectivity index (χ0n) is 24.4. The maximum atomic E-state index is 14.2. The number of benzene rings is 1. The minimum atomic E-state index is -4.81. The Hall–Kier alpha value is -3.27. The molecule has 4 fully saturated rings. The van der Waals surface area contributed by atoms with Gasteiger partial charge in [0.25, 0.3) is 5.91 Å². The van der Waals surface area contributed by atoms with Crippen molar-refractivity contribution in [1.29, 1.82) is 0 Å². The molecule has 4 aliphatic heterocycles. The van der Waals surface area contributed by atoms with E-state index >= 15 is 0 Å². The van der Waals surface area contributed by atoms with Gasteiger partial charge in [-0.2, -0.15) is 13.2 Å². The Morgan fingerprint density at radius 2 is 1.87 bits per heavy atom. The van der Waals surface area contributed by atoms with Crippen molar-refractivity contribution >= 4 is 44.4 Å². The number of alkyl halides is 3. The molecule has 5 aliphatic rings. The van der Waals surface area contributed by atoms with Crippen molar-refractivity contribution in [2.24, 2.45) is 5.41 Å². The van der Waals surface area contributed by atoms with E-state index in [9.17, 15) is 26.4 Å². The lowest BCUT2D eigenvalue weighted by atomic mass is 9.73. The van der Waals surface area contributed by atoms with Gasteiger partial charge >= 0.3 is 6.18 Å². The summed E-state index contributed by atoms with van der Waals surface area (Å²) < 4.78 is 74.2. The third-order valence-electron chi connectivity index (χ3n) is 9.41. The number of carbonyl (C=O) groups excluding carboxylic acids is 1. The molecule has 1 aromatic carbocycles. The molecule has 1 amide bonds. The first kappa shape index (κ1) is 29.2. The summed E-state index contributed by atoms with van der Waals surface area (Å²) >= 11 is 0.714. The standard InChI is InChI=1S/C30H31F3N6O4S2/c1-37-13-29(14-37)15-38(16-29)18-4-5-22(20(8-18)17-2-3-17)35-28-34-10-21(30(31,32)33)25(36-28)23-9-24-26(44-23)27(40)39(19-11-43-12-19)6-7-45(24,41)42/h4-5,8-10,17,19H,2-3,6-7,11-16H2,1H3,(H,34,35,36). The smallest absolute Gasteiger partial charge is 0.377 e. The molecule has 0 unspecified atom stereocenters. The number of thiophene rings is 1. The van der Waals surface area contributed by atoms with Crippen LogP contribution in [0.25, 0.3) is 10.6 Å². The highest BCUT2D eigenvalue weighted by Crippen LogP contribution is 2.48. The number of ether oxygens (including phenoxy) is 1. The van der Waals surface area contributed by atoms with Crippen molar-refractivity contribution in [3.8, 4) is 10.6 Å². The molecule has 45 heavy (non-hydrogen) atoms. The zero-order chi connectivity index (χ0) is 31.3. The molecule has 1 saturated carbocycles. The van der Waals surface area contributed by atoms with Gasteiger partial charge in [0.15, 0.2) is 9.84 Å². The molecule has 0 atom stereocenters. The van der Waals surface area contributed by atoms with Crippen molar-refractivity contribution in [3.63, 3.8) is 0 Å². The van der Waals surface area contributed by atoms with Crippen LogP contribution in [0.1, 0.15) is 39.6 Å². The van der Waals surface area contributed by atoms with Crippen LogP contribution < -0.4 is 10.2 Å². The van der Waals surface area contributed by atoms with Gasteiger partial charge in [-0.1, -0.05) is 0 Å². The second-order valence-corrected chi connectivity index (χ2v) is 16.1. The maximum absolute atomic E-state index is 14.2. The number of sulfone groups is 1. The predicted octanol–water partition coefficient (Wildman–Crippen LogP) is 4.23. The number of carbonyl (C=O) groups is 1. The largest absolute Gasteiger partial charge is 0.420 e. The van der Waals surface area contributed by atoms with Gasteiger partial charge in [0, 0.05) is 55.7 Å². The third-order valence-corrected chi connectivity index (χ3v) is 12.4. The molecule has 6 heterocycles. The van der Waals surface area contributed by atoms with Crippen molar-refractivity contribution in [2.75, 3.05) is 69.0 Å². The van der Waals surface area contributed by atoms with Crippen LogP contribution in [-0.4, -0.2) is 98.9 Å². The minimum Gasteiger partial charge on any atom is -0.377 e. The zero-order valence-corrected chi connectivity index (χ0v) is 26.1. The number of aromatic nitrogens is 2. The van der Waals surface area contributed by atoms with Gasteiger partial charge in [-0.05, 0) is 55.6 Å². The molecule has 2 aromatic heterocycles. The number of nitrogens with one attached hydrogen (secondary N) is 1. The Bertz CT molecular complexity index is 1810. The molecule has 3 saturated heterocycles. The fourth-order valence-corrected chi connectivity index (χ4v) is 9.90. The van der Waals surface area contributed by atoms with Gasteiger partial charge in [0.1, 0.15) is 10.4 Å². The van der Waals surface area contributed by atoms with Crippen LogP contribution in [0.4, 0.5) is 30.5 Å². The van der Waals surface area contributed by atoms with E-state index in [1.807, 2.05) is 12.1 Å². The predicted molar refractivity (Wildman–Crippen MR) is 162 cm³/mol. The first-order valence-electron chi connectivity index (χ1n) is 14.9. The van der Waals surface area contributed by atoms with E-state index in [0.717, 1.165) is 62.0 Å². The molecule has 0 bridgehead atoms. The van der Waals surface area contributed by atoms with E-state index < -0.39 is 33.2 Å². The van der Waals surface area contributed by atoms with Gasteiger partial charge in [0.2, 0.25) is 5.95 Å². The van der Waals surface area contributed by atoms with Crippen molar-refractivity contribution < 1.29 is 31.1 Å². The molecule has 1 spiro atoms. The van der Waals surface area contributed by atoms with Crippen LogP contribution in [0.5, 0.6) is 0 Å². The summed E-state index contributed by atoms with van der Waals surface area (Å²) in [6.45, 7) is 4.81. The number of hydrogen-bond donors (Lipinski definition) is 1. The monoisotopic (exact) mass is 660 g/mol. The Morgan fingerprint density at radius 3 is 2.51 bits per heavy atom. The van der Waals surface area contributed by atoms with Crippen molar-refractivity contribution in [3.05, 3.63) is 46.5 Å². The molecule has 8 rings (SSSR count). The van der Waals surface area contributed by atoms with Gasteiger partial charge in [0.05, 0.1) is 40.5 Å². The number of nitrogens with zero attached hydrogens (tertiary/aromatic N) is 5. The van der Waals surface area contributed by atoms with E-state index in [4.69, 9.17) is 4.74 Å². The van der Waals surface area contributed by atoms with Crippen molar-refractivity contribution in [2.45, 2.75) is 35.9 Å². The van der Waals surface area contributed by atoms with Crippen LogP contribution in [0.2, 0.25) is 0 Å². The quantitative estimate of drug-likeness (QED) is 0.416. The Morgan fingerprint density at radius 1 is 1.11 bits per heavy atom. The van der Waals surface area contributed by atoms with E-state index in [2.05, 4.69) is 38.2 Å². The maximum Gasteiger partial charge on any atom is 0.420 e. The second kappa shape index (κ2) is 10.1. The lowest BCUT2D eigenvalue weighted by molar-refractivity contribution is -0.137.